The van der Waals surface area contributed by atoms with E-state index < -0.39 is 12.1 Å². The first-order valence-corrected chi connectivity index (χ1v) is 10.4. The molecule has 0 bridgehead atoms. The number of thiophene rings is 1. The molecule has 1 N–H and O–H groups in total. The minimum atomic E-state index is -0.999. The molecule has 0 radical (unpaired) electrons. The minimum absolute atomic E-state index is 0.0863. The number of anilines is 1. The average Bonchev–Trinajstić information content (AvgIpc) is 3.09. The molecule has 1 heterocycles. The lowest BCUT2D eigenvalue weighted by Gasteiger charge is -2.35. The average molecular weight is 379 g/mol. The molecule has 0 atom stereocenters. The topological polar surface area (TPSA) is 57.6 Å². The molecule has 0 saturated heterocycles. The maximum absolute atomic E-state index is 13.6. The van der Waals surface area contributed by atoms with Gasteiger partial charge in [-0.05, 0) is 63.0 Å². The summed E-state index contributed by atoms with van der Waals surface area (Å²) in [5.74, 6) is -1.09. The summed E-state index contributed by atoms with van der Waals surface area (Å²) in [5.41, 5.74) is 1.68. The number of hydrogen-bond donors (Lipinski definition) is 1. The van der Waals surface area contributed by atoms with E-state index in [1.54, 1.807) is 11.8 Å². The zero-order valence-corrected chi connectivity index (χ0v) is 16.0. The summed E-state index contributed by atoms with van der Waals surface area (Å²) in [6, 6.07) is 1.76. The molecule has 1 saturated carbocycles. The number of nitrogens with zero attached hydrogens (tertiary/aromatic N) is 1. The highest BCUT2D eigenvalue weighted by Crippen LogP contribution is 2.40. The molecule has 6 heteroatoms. The van der Waals surface area contributed by atoms with Crippen molar-refractivity contribution >= 4 is 34.5 Å². The van der Waals surface area contributed by atoms with E-state index in [2.05, 4.69) is 6.08 Å². The normalized spacial score (nSPS) is 23.4. The Morgan fingerprint density at radius 3 is 2.58 bits per heavy atom. The summed E-state index contributed by atoms with van der Waals surface area (Å²) in [4.78, 5) is 27.4. The molecule has 2 aliphatic rings. The van der Waals surface area contributed by atoms with E-state index in [9.17, 15) is 19.1 Å². The van der Waals surface area contributed by atoms with Crippen molar-refractivity contribution in [3.63, 3.8) is 0 Å². The van der Waals surface area contributed by atoms with E-state index in [0.29, 0.717) is 37.8 Å². The second-order valence-electron chi connectivity index (χ2n) is 7.13. The van der Waals surface area contributed by atoms with Gasteiger partial charge in [0.1, 0.15) is 11.0 Å². The number of carboxylic acids is 1. The fourth-order valence-electron chi connectivity index (χ4n) is 3.93. The van der Waals surface area contributed by atoms with Gasteiger partial charge >= 0.3 is 5.97 Å². The Hall–Kier alpha value is -1.69. The second-order valence-corrected chi connectivity index (χ2v) is 8.18. The number of halogens is 1. The van der Waals surface area contributed by atoms with Gasteiger partial charge in [-0.2, -0.15) is 0 Å². The molecule has 1 amide bonds. The maximum Gasteiger partial charge on any atom is 0.348 e. The Balaban J connectivity index is 1.99. The summed E-state index contributed by atoms with van der Waals surface area (Å²) >= 11 is 1.26. The molecule has 0 spiro atoms. The lowest BCUT2D eigenvalue weighted by molar-refractivity contribution is -0.119. The molecule has 1 fully saturated rings. The van der Waals surface area contributed by atoms with Gasteiger partial charge in [0.25, 0.3) is 0 Å². The van der Waals surface area contributed by atoms with Gasteiger partial charge in [-0.15, -0.1) is 11.3 Å². The lowest BCUT2D eigenvalue weighted by Crippen LogP contribution is -2.43. The molecule has 3 rings (SSSR count). The summed E-state index contributed by atoms with van der Waals surface area (Å²) in [5, 5.41) is 9.71. The van der Waals surface area contributed by atoms with Crippen molar-refractivity contribution in [1.82, 2.24) is 0 Å². The summed E-state index contributed by atoms with van der Waals surface area (Å²) < 4.78 is 13.6. The van der Waals surface area contributed by atoms with Crippen LogP contribution in [0, 0.1) is 0 Å². The summed E-state index contributed by atoms with van der Waals surface area (Å²) in [7, 11) is 0. The number of amides is 1. The standard InChI is InChI=1S/C20H26FNO3S/c1-2-18(23)22(15-10-8-14(21)9-11-15)16-12-17(26-19(16)20(24)25)13-6-4-3-5-7-13/h6,12,14-15H,2-5,7-11H2,1H3,(H,24,25). The highest BCUT2D eigenvalue weighted by atomic mass is 32.1. The number of aromatic carboxylic acids is 1. The molecule has 142 valence electrons. The van der Waals surface area contributed by atoms with Crippen molar-refractivity contribution in [1.29, 1.82) is 0 Å². The number of carbonyl (C=O) groups excluding carboxylic acids is 1. The van der Waals surface area contributed by atoms with E-state index in [-0.39, 0.29) is 16.8 Å². The first-order chi connectivity index (χ1) is 12.5. The van der Waals surface area contributed by atoms with Crippen LogP contribution in [0.4, 0.5) is 10.1 Å². The largest absolute Gasteiger partial charge is 0.477 e. The molecule has 1 aromatic heterocycles. The third-order valence-corrected chi connectivity index (χ3v) is 6.52. The number of alkyl halides is 1. The number of allylic oxidation sites excluding steroid dienone is 2. The fourth-order valence-corrected chi connectivity index (χ4v) is 4.99. The van der Waals surface area contributed by atoms with E-state index in [4.69, 9.17) is 0 Å². The maximum atomic E-state index is 13.6. The quantitative estimate of drug-likeness (QED) is 0.742. The molecular weight excluding hydrogens is 353 g/mol. The number of carboxylic acid groups (broad SMARTS) is 1. The van der Waals surface area contributed by atoms with Crippen molar-refractivity contribution in [3.8, 4) is 0 Å². The summed E-state index contributed by atoms with van der Waals surface area (Å²) in [6.45, 7) is 1.79. The Labute approximate surface area is 157 Å². The van der Waals surface area contributed by atoms with Gasteiger partial charge in [-0.3, -0.25) is 4.79 Å². The highest BCUT2D eigenvalue weighted by Gasteiger charge is 2.33. The smallest absolute Gasteiger partial charge is 0.348 e. The third kappa shape index (κ3) is 4.00. The van der Waals surface area contributed by atoms with Crippen molar-refractivity contribution in [3.05, 3.63) is 21.9 Å². The number of hydrogen-bond acceptors (Lipinski definition) is 3. The Morgan fingerprint density at radius 1 is 1.27 bits per heavy atom. The molecule has 4 nitrogen and oxygen atoms in total. The van der Waals surface area contributed by atoms with Crippen LogP contribution in [0.2, 0.25) is 0 Å². The molecular formula is C20H26FNO3S. The predicted octanol–water partition coefficient (Wildman–Crippen LogP) is 5.43. The fraction of sp³-hybridized carbons (Fsp3) is 0.600. The van der Waals surface area contributed by atoms with Gasteiger partial charge < -0.3 is 10.0 Å². The lowest BCUT2D eigenvalue weighted by atomic mass is 9.92. The van der Waals surface area contributed by atoms with Crippen LogP contribution < -0.4 is 4.90 Å². The molecule has 0 unspecified atom stereocenters. The molecule has 0 aromatic carbocycles. The van der Waals surface area contributed by atoms with Gasteiger partial charge in [0.15, 0.2) is 0 Å². The van der Waals surface area contributed by atoms with Crippen LogP contribution in [0.25, 0.3) is 5.57 Å². The van der Waals surface area contributed by atoms with Crippen LogP contribution in [-0.2, 0) is 4.79 Å². The second kappa shape index (κ2) is 8.33. The van der Waals surface area contributed by atoms with Gasteiger partial charge in [0.05, 0.1) is 5.69 Å². The molecule has 2 aliphatic carbocycles. The highest BCUT2D eigenvalue weighted by molar-refractivity contribution is 7.15. The Kier molecular flexibility index (Phi) is 6.12. The van der Waals surface area contributed by atoms with Gasteiger partial charge in [-0.1, -0.05) is 13.0 Å². The SMILES string of the molecule is CCC(=O)N(c1cc(C2=CCCCC2)sc1C(=O)O)C1CCC(F)CC1. The minimum Gasteiger partial charge on any atom is -0.477 e. The Morgan fingerprint density at radius 2 is 2.00 bits per heavy atom. The van der Waals surface area contributed by atoms with Crippen molar-refractivity contribution < 1.29 is 19.1 Å². The van der Waals surface area contributed by atoms with Crippen LogP contribution in [0.1, 0.15) is 79.3 Å². The monoisotopic (exact) mass is 379 g/mol. The van der Waals surface area contributed by atoms with E-state index in [0.717, 1.165) is 24.1 Å². The van der Waals surface area contributed by atoms with Crippen LogP contribution in [0.5, 0.6) is 0 Å². The molecule has 0 aliphatic heterocycles. The summed E-state index contributed by atoms with van der Waals surface area (Å²) in [6.07, 6.45) is 7.96. The van der Waals surface area contributed by atoms with Crippen molar-refractivity contribution in [2.45, 2.75) is 76.9 Å². The Bertz CT molecular complexity index is 704. The van der Waals surface area contributed by atoms with Gasteiger partial charge in [0.2, 0.25) is 5.91 Å². The van der Waals surface area contributed by atoms with Crippen LogP contribution in [0.15, 0.2) is 12.1 Å². The molecule has 26 heavy (non-hydrogen) atoms. The van der Waals surface area contributed by atoms with Gasteiger partial charge in [-0.25, -0.2) is 9.18 Å². The predicted molar refractivity (Wildman–Crippen MR) is 103 cm³/mol. The number of carbonyl (C=O) groups is 2. The van der Waals surface area contributed by atoms with Crippen LogP contribution in [0.3, 0.4) is 0 Å². The van der Waals surface area contributed by atoms with Crippen molar-refractivity contribution in [2.24, 2.45) is 0 Å². The van der Waals surface area contributed by atoms with E-state index in [1.165, 1.54) is 23.3 Å². The van der Waals surface area contributed by atoms with Gasteiger partial charge in [0, 0.05) is 17.3 Å². The zero-order valence-electron chi connectivity index (χ0n) is 15.2. The van der Waals surface area contributed by atoms with Crippen LogP contribution in [-0.4, -0.2) is 29.2 Å². The van der Waals surface area contributed by atoms with Crippen molar-refractivity contribution in [2.75, 3.05) is 4.90 Å². The number of rotatable bonds is 5. The molecule has 1 aromatic rings. The zero-order chi connectivity index (χ0) is 18.7. The third-order valence-electron chi connectivity index (χ3n) is 5.34. The van der Waals surface area contributed by atoms with E-state index in [1.807, 2.05) is 6.07 Å². The first kappa shape index (κ1) is 19.1. The van der Waals surface area contributed by atoms with E-state index >= 15 is 0 Å². The van der Waals surface area contributed by atoms with Crippen LogP contribution >= 0.6 is 11.3 Å². The first-order valence-electron chi connectivity index (χ1n) is 9.54.